The molecule has 0 aliphatic rings. The Kier molecular flexibility index (Phi) is 3.65. The molecule has 6 nitrogen and oxygen atoms in total. The zero-order valence-corrected chi connectivity index (χ0v) is 9.68. The molecule has 88 valence electrons. The second-order valence-corrected chi connectivity index (χ2v) is 3.48. The number of esters is 2. The van der Waals surface area contributed by atoms with Gasteiger partial charge in [0.05, 0.1) is 13.4 Å². The molecule has 1 aromatic rings. The SMILES string of the molecule is COC(=O)c1c(OC(C)=O)ncn1C(C)C. The molecule has 0 N–H and O–H groups in total. The first-order valence-corrected chi connectivity index (χ1v) is 4.81. The summed E-state index contributed by atoms with van der Waals surface area (Å²) in [7, 11) is 1.26. The molecule has 0 spiro atoms. The van der Waals surface area contributed by atoms with Crippen LogP contribution >= 0.6 is 0 Å². The van der Waals surface area contributed by atoms with E-state index in [2.05, 4.69) is 9.72 Å². The molecular weight excluding hydrogens is 212 g/mol. The van der Waals surface area contributed by atoms with E-state index in [1.54, 1.807) is 4.57 Å². The fourth-order valence-corrected chi connectivity index (χ4v) is 1.24. The third-order valence-corrected chi connectivity index (χ3v) is 1.94. The van der Waals surface area contributed by atoms with Crippen LogP contribution in [0.4, 0.5) is 0 Å². The zero-order valence-electron chi connectivity index (χ0n) is 9.68. The van der Waals surface area contributed by atoms with Crippen molar-refractivity contribution in [3.63, 3.8) is 0 Å². The Morgan fingerprint density at radius 1 is 1.44 bits per heavy atom. The highest BCUT2D eigenvalue weighted by atomic mass is 16.5. The molecule has 0 fully saturated rings. The second kappa shape index (κ2) is 4.78. The van der Waals surface area contributed by atoms with E-state index in [1.165, 1.54) is 20.4 Å². The number of nitrogens with zero attached hydrogens (tertiary/aromatic N) is 2. The third kappa shape index (κ3) is 2.39. The summed E-state index contributed by atoms with van der Waals surface area (Å²) in [5, 5.41) is 0. The predicted molar refractivity (Wildman–Crippen MR) is 55.3 cm³/mol. The summed E-state index contributed by atoms with van der Waals surface area (Å²) in [5.41, 5.74) is 0.146. The maximum atomic E-state index is 11.5. The van der Waals surface area contributed by atoms with Crippen LogP contribution in [0.2, 0.25) is 0 Å². The molecule has 0 bridgehead atoms. The molecule has 0 aliphatic heterocycles. The van der Waals surface area contributed by atoms with Crippen molar-refractivity contribution in [2.75, 3.05) is 7.11 Å². The Labute approximate surface area is 93.2 Å². The normalized spacial score (nSPS) is 10.3. The summed E-state index contributed by atoms with van der Waals surface area (Å²) < 4.78 is 11.0. The summed E-state index contributed by atoms with van der Waals surface area (Å²) in [4.78, 5) is 26.2. The van der Waals surface area contributed by atoms with Crippen molar-refractivity contribution in [2.24, 2.45) is 0 Å². The van der Waals surface area contributed by atoms with Crippen LogP contribution in [0.3, 0.4) is 0 Å². The van der Waals surface area contributed by atoms with E-state index in [-0.39, 0.29) is 17.6 Å². The fraction of sp³-hybridized carbons (Fsp3) is 0.500. The molecule has 0 aliphatic carbocycles. The van der Waals surface area contributed by atoms with E-state index in [0.29, 0.717) is 0 Å². The molecule has 0 aromatic carbocycles. The first-order valence-electron chi connectivity index (χ1n) is 4.81. The van der Waals surface area contributed by atoms with Gasteiger partial charge in [0, 0.05) is 13.0 Å². The van der Waals surface area contributed by atoms with E-state index in [1.807, 2.05) is 13.8 Å². The van der Waals surface area contributed by atoms with Crippen LogP contribution in [-0.4, -0.2) is 28.6 Å². The van der Waals surface area contributed by atoms with Gasteiger partial charge in [-0.1, -0.05) is 0 Å². The standard InChI is InChI=1S/C10H14N2O4/c1-6(2)12-5-11-9(16-7(3)13)8(12)10(14)15-4/h5-6H,1-4H3. The van der Waals surface area contributed by atoms with Crippen LogP contribution in [0.1, 0.15) is 37.3 Å². The van der Waals surface area contributed by atoms with Crippen molar-refractivity contribution < 1.29 is 19.1 Å². The minimum Gasteiger partial charge on any atom is -0.464 e. The van der Waals surface area contributed by atoms with E-state index in [0.717, 1.165) is 0 Å². The van der Waals surface area contributed by atoms with Gasteiger partial charge in [0.2, 0.25) is 0 Å². The summed E-state index contributed by atoms with van der Waals surface area (Å²) in [5.74, 6) is -1.13. The van der Waals surface area contributed by atoms with Gasteiger partial charge in [-0.05, 0) is 13.8 Å². The van der Waals surface area contributed by atoms with Crippen LogP contribution in [0.5, 0.6) is 5.88 Å². The van der Waals surface area contributed by atoms with Crippen LogP contribution in [0, 0.1) is 0 Å². The lowest BCUT2D eigenvalue weighted by atomic mass is 10.3. The Morgan fingerprint density at radius 2 is 2.06 bits per heavy atom. The highest BCUT2D eigenvalue weighted by molar-refractivity contribution is 5.91. The van der Waals surface area contributed by atoms with Crippen LogP contribution < -0.4 is 4.74 Å². The Hall–Kier alpha value is -1.85. The van der Waals surface area contributed by atoms with Gasteiger partial charge in [0.15, 0.2) is 5.69 Å². The van der Waals surface area contributed by atoms with Crippen molar-refractivity contribution >= 4 is 11.9 Å². The predicted octanol–water partition coefficient (Wildman–Crippen LogP) is 1.18. The largest absolute Gasteiger partial charge is 0.464 e. The molecule has 16 heavy (non-hydrogen) atoms. The second-order valence-electron chi connectivity index (χ2n) is 3.48. The number of hydrogen-bond acceptors (Lipinski definition) is 5. The number of methoxy groups -OCH3 is 1. The molecule has 0 radical (unpaired) electrons. The first-order chi connectivity index (χ1) is 7.47. The lowest BCUT2D eigenvalue weighted by Gasteiger charge is -2.10. The van der Waals surface area contributed by atoms with Gasteiger partial charge in [-0.2, -0.15) is 0 Å². The van der Waals surface area contributed by atoms with E-state index >= 15 is 0 Å². The van der Waals surface area contributed by atoms with Gasteiger partial charge < -0.3 is 14.0 Å². The van der Waals surface area contributed by atoms with Gasteiger partial charge in [-0.15, -0.1) is 0 Å². The van der Waals surface area contributed by atoms with Gasteiger partial charge in [-0.3, -0.25) is 4.79 Å². The molecule has 6 heteroatoms. The molecule has 1 heterocycles. The summed E-state index contributed by atoms with van der Waals surface area (Å²) in [6, 6.07) is 0.0194. The van der Waals surface area contributed by atoms with Crippen molar-refractivity contribution in [1.29, 1.82) is 0 Å². The third-order valence-electron chi connectivity index (χ3n) is 1.94. The zero-order chi connectivity index (χ0) is 12.3. The van der Waals surface area contributed by atoms with Gasteiger partial charge in [-0.25, -0.2) is 9.78 Å². The average Bonchev–Trinajstić information content (AvgIpc) is 2.59. The Bertz CT molecular complexity index is 409. The topological polar surface area (TPSA) is 70.4 Å². The van der Waals surface area contributed by atoms with Crippen LogP contribution in [0.25, 0.3) is 0 Å². The lowest BCUT2D eigenvalue weighted by molar-refractivity contribution is -0.132. The average molecular weight is 226 g/mol. The molecule has 0 atom stereocenters. The lowest BCUT2D eigenvalue weighted by Crippen LogP contribution is -2.14. The monoisotopic (exact) mass is 226 g/mol. The molecule has 0 saturated carbocycles. The molecule has 0 saturated heterocycles. The maximum Gasteiger partial charge on any atom is 0.360 e. The van der Waals surface area contributed by atoms with Gasteiger partial charge in [0.1, 0.15) is 0 Å². The molecule has 0 amide bonds. The summed E-state index contributed by atoms with van der Waals surface area (Å²) in [6.45, 7) is 5.01. The van der Waals surface area contributed by atoms with Crippen LogP contribution in [-0.2, 0) is 9.53 Å². The Balaban J connectivity index is 3.19. The van der Waals surface area contributed by atoms with Crippen molar-refractivity contribution in [3.05, 3.63) is 12.0 Å². The van der Waals surface area contributed by atoms with Crippen molar-refractivity contribution in [1.82, 2.24) is 9.55 Å². The number of carbonyl (C=O) groups is 2. The molecular formula is C10H14N2O4. The van der Waals surface area contributed by atoms with E-state index in [4.69, 9.17) is 4.74 Å². The number of hydrogen-bond donors (Lipinski definition) is 0. The fourth-order valence-electron chi connectivity index (χ4n) is 1.24. The highest BCUT2D eigenvalue weighted by Crippen LogP contribution is 2.21. The molecule has 0 unspecified atom stereocenters. The molecule has 1 aromatic heterocycles. The quantitative estimate of drug-likeness (QED) is 0.723. The first kappa shape index (κ1) is 12.2. The number of rotatable bonds is 3. The smallest absolute Gasteiger partial charge is 0.360 e. The maximum absolute atomic E-state index is 11.5. The number of aromatic nitrogens is 2. The van der Waals surface area contributed by atoms with Gasteiger partial charge >= 0.3 is 11.9 Å². The minimum absolute atomic E-state index is 0.0194. The summed E-state index contributed by atoms with van der Waals surface area (Å²) >= 11 is 0. The number of imidazole rings is 1. The number of ether oxygens (including phenoxy) is 2. The van der Waals surface area contributed by atoms with E-state index in [9.17, 15) is 9.59 Å². The van der Waals surface area contributed by atoms with Crippen molar-refractivity contribution in [3.8, 4) is 5.88 Å². The van der Waals surface area contributed by atoms with Crippen molar-refractivity contribution in [2.45, 2.75) is 26.8 Å². The highest BCUT2D eigenvalue weighted by Gasteiger charge is 2.23. The number of carbonyl (C=O) groups excluding carboxylic acids is 2. The Morgan fingerprint density at radius 3 is 2.50 bits per heavy atom. The molecule has 1 rings (SSSR count). The minimum atomic E-state index is -0.581. The van der Waals surface area contributed by atoms with Crippen LogP contribution in [0.15, 0.2) is 6.33 Å². The van der Waals surface area contributed by atoms with E-state index < -0.39 is 11.9 Å². The van der Waals surface area contributed by atoms with Gasteiger partial charge in [0.25, 0.3) is 5.88 Å². The summed E-state index contributed by atoms with van der Waals surface area (Å²) in [6.07, 6.45) is 1.44.